The fraction of sp³-hybridized carbons (Fsp3) is 0.333. The molecule has 1 saturated heterocycles. The first kappa shape index (κ1) is 14.9. The fourth-order valence-electron chi connectivity index (χ4n) is 2.53. The minimum atomic E-state index is -0.201. The number of nitrogens with one attached hydrogen (secondary N) is 1. The highest BCUT2D eigenvalue weighted by Gasteiger charge is 2.16. The van der Waals surface area contributed by atoms with E-state index in [0.29, 0.717) is 18.7 Å². The van der Waals surface area contributed by atoms with Crippen molar-refractivity contribution in [1.82, 2.24) is 0 Å². The standard InChI is InChI=1S/C18H20FNO2/c19-16-8-2-1-6-14(16)12-20-17-9-3-4-10-18(17)22-13-15-7-5-11-21-15/h1-4,6,8-10,15,20H,5,7,11-13H2. The van der Waals surface area contributed by atoms with Gasteiger partial charge in [-0.1, -0.05) is 30.3 Å². The van der Waals surface area contributed by atoms with Crippen molar-refractivity contribution in [3.8, 4) is 5.75 Å². The Labute approximate surface area is 130 Å². The molecule has 1 unspecified atom stereocenters. The molecular weight excluding hydrogens is 281 g/mol. The molecule has 3 nitrogen and oxygen atoms in total. The first-order valence-electron chi connectivity index (χ1n) is 7.63. The quantitative estimate of drug-likeness (QED) is 0.875. The third-order valence-corrected chi connectivity index (χ3v) is 3.76. The van der Waals surface area contributed by atoms with E-state index < -0.39 is 0 Å². The first-order chi connectivity index (χ1) is 10.8. The second-order valence-electron chi connectivity index (χ2n) is 5.39. The fourth-order valence-corrected chi connectivity index (χ4v) is 2.53. The average molecular weight is 301 g/mol. The summed E-state index contributed by atoms with van der Waals surface area (Å²) < 4.78 is 25.1. The Bertz CT molecular complexity index is 612. The van der Waals surface area contributed by atoms with Gasteiger partial charge in [0.1, 0.15) is 18.2 Å². The van der Waals surface area contributed by atoms with Gasteiger partial charge in [-0.25, -0.2) is 4.39 Å². The average Bonchev–Trinajstić information content (AvgIpc) is 3.06. The van der Waals surface area contributed by atoms with Crippen LogP contribution in [0, 0.1) is 5.82 Å². The Hall–Kier alpha value is -2.07. The molecule has 3 rings (SSSR count). The predicted octanol–water partition coefficient (Wildman–Crippen LogP) is 4.00. The van der Waals surface area contributed by atoms with E-state index in [2.05, 4.69) is 5.32 Å². The molecule has 1 aliphatic heterocycles. The maximum atomic E-state index is 13.7. The Kier molecular flexibility index (Phi) is 4.91. The van der Waals surface area contributed by atoms with E-state index in [-0.39, 0.29) is 11.9 Å². The van der Waals surface area contributed by atoms with Crippen LogP contribution in [0.15, 0.2) is 48.5 Å². The van der Waals surface area contributed by atoms with Crippen LogP contribution >= 0.6 is 0 Å². The molecule has 1 fully saturated rings. The van der Waals surface area contributed by atoms with Gasteiger partial charge < -0.3 is 14.8 Å². The lowest BCUT2D eigenvalue weighted by Gasteiger charge is -2.16. The summed E-state index contributed by atoms with van der Waals surface area (Å²) in [5.74, 6) is 0.571. The van der Waals surface area contributed by atoms with Gasteiger partial charge in [-0.2, -0.15) is 0 Å². The topological polar surface area (TPSA) is 30.5 Å². The van der Waals surface area contributed by atoms with Gasteiger partial charge in [0.25, 0.3) is 0 Å². The van der Waals surface area contributed by atoms with Crippen LogP contribution in [0.2, 0.25) is 0 Å². The number of anilines is 1. The number of hydrogen-bond acceptors (Lipinski definition) is 3. The Balaban J connectivity index is 1.62. The van der Waals surface area contributed by atoms with Crippen LogP contribution < -0.4 is 10.1 Å². The van der Waals surface area contributed by atoms with E-state index in [9.17, 15) is 4.39 Å². The van der Waals surface area contributed by atoms with Crippen LogP contribution in [0.1, 0.15) is 18.4 Å². The van der Waals surface area contributed by atoms with Crippen molar-refractivity contribution in [2.24, 2.45) is 0 Å². The highest BCUT2D eigenvalue weighted by atomic mass is 19.1. The van der Waals surface area contributed by atoms with Gasteiger partial charge in [-0.15, -0.1) is 0 Å². The molecule has 0 bridgehead atoms. The number of hydrogen-bond donors (Lipinski definition) is 1. The molecule has 1 N–H and O–H groups in total. The zero-order valence-electron chi connectivity index (χ0n) is 12.4. The lowest BCUT2D eigenvalue weighted by Crippen LogP contribution is -2.17. The van der Waals surface area contributed by atoms with Gasteiger partial charge in [-0.05, 0) is 31.0 Å². The largest absolute Gasteiger partial charge is 0.489 e. The lowest BCUT2D eigenvalue weighted by molar-refractivity contribution is 0.0682. The van der Waals surface area contributed by atoms with E-state index in [1.54, 1.807) is 12.1 Å². The zero-order valence-corrected chi connectivity index (χ0v) is 12.4. The minimum Gasteiger partial charge on any atom is -0.489 e. The summed E-state index contributed by atoms with van der Waals surface area (Å²) in [6.45, 7) is 1.80. The summed E-state index contributed by atoms with van der Waals surface area (Å²) in [6.07, 6.45) is 2.33. The van der Waals surface area contributed by atoms with E-state index in [4.69, 9.17) is 9.47 Å². The van der Waals surface area contributed by atoms with Crippen LogP contribution in [0.5, 0.6) is 5.75 Å². The number of para-hydroxylation sites is 2. The van der Waals surface area contributed by atoms with Crippen molar-refractivity contribution in [3.05, 3.63) is 59.9 Å². The zero-order chi connectivity index (χ0) is 15.2. The third-order valence-electron chi connectivity index (χ3n) is 3.76. The molecular formula is C18H20FNO2. The molecule has 2 aromatic carbocycles. The number of benzene rings is 2. The highest BCUT2D eigenvalue weighted by molar-refractivity contribution is 5.56. The molecule has 4 heteroatoms. The van der Waals surface area contributed by atoms with Crippen molar-refractivity contribution in [2.45, 2.75) is 25.5 Å². The monoisotopic (exact) mass is 301 g/mol. The lowest BCUT2D eigenvalue weighted by atomic mass is 10.2. The molecule has 1 heterocycles. The van der Waals surface area contributed by atoms with E-state index in [0.717, 1.165) is 30.9 Å². The van der Waals surface area contributed by atoms with E-state index in [1.807, 2.05) is 30.3 Å². The molecule has 1 aliphatic rings. The van der Waals surface area contributed by atoms with E-state index >= 15 is 0 Å². The van der Waals surface area contributed by atoms with Gasteiger partial charge in [0.05, 0.1) is 11.8 Å². The smallest absolute Gasteiger partial charge is 0.142 e. The number of ether oxygens (including phenoxy) is 2. The van der Waals surface area contributed by atoms with Gasteiger partial charge in [-0.3, -0.25) is 0 Å². The molecule has 116 valence electrons. The summed E-state index contributed by atoms with van der Waals surface area (Å²) in [4.78, 5) is 0. The summed E-state index contributed by atoms with van der Waals surface area (Å²) in [6, 6.07) is 14.5. The first-order valence-corrected chi connectivity index (χ1v) is 7.63. The molecule has 0 radical (unpaired) electrons. The highest BCUT2D eigenvalue weighted by Crippen LogP contribution is 2.25. The summed E-state index contributed by atoms with van der Waals surface area (Å²) in [5.41, 5.74) is 1.50. The number of halogens is 1. The van der Waals surface area contributed by atoms with Crippen molar-refractivity contribution in [3.63, 3.8) is 0 Å². The summed E-state index contributed by atoms with van der Waals surface area (Å²) in [5, 5.41) is 3.24. The SMILES string of the molecule is Fc1ccccc1CNc1ccccc1OCC1CCCO1. The Morgan fingerprint density at radius 3 is 2.77 bits per heavy atom. The third kappa shape index (κ3) is 3.77. The molecule has 1 atom stereocenters. The maximum absolute atomic E-state index is 13.7. The Morgan fingerprint density at radius 1 is 1.14 bits per heavy atom. The van der Waals surface area contributed by atoms with Crippen LogP contribution in [0.25, 0.3) is 0 Å². The molecule has 0 aliphatic carbocycles. The van der Waals surface area contributed by atoms with Crippen molar-refractivity contribution in [1.29, 1.82) is 0 Å². The van der Waals surface area contributed by atoms with Crippen LogP contribution in [-0.2, 0) is 11.3 Å². The van der Waals surface area contributed by atoms with Crippen molar-refractivity contribution >= 4 is 5.69 Å². The molecule has 22 heavy (non-hydrogen) atoms. The molecule has 0 saturated carbocycles. The van der Waals surface area contributed by atoms with Gasteiger partial charge in [0, 0.05) is 18.7 Å². The van der Waals surface area contributed by atoms with E-state index in [1.165, 1.54) is 6.07 Å². The van der Waals surface area contributed by atoms with Gasteiger partial charge in [0.2, 0.25) is 0 Å². The van der Waals surface area contributed by atoms with Crippen LogP contribution in [0.3, 0.4) is 0 Å². The van der Waals surface area contributed by atoms with Crippen molar-refractivity contribution in [2.75, 3.05) is 18.5 Å². The molecule has 0 spiro atoms. The molecule has 2 aromatic rings. The summed E-state index contributed by atoms with van der Waals surface area (Å²) in [7, 11) is 0. The second-order valence-corrected chi connectivity index (χ2v) is 5.39. The molecule has 0 amide bonds. The van der Waals surface area contributed by atoms with Crippen molar-refractivity contribution < 1.29 is 13.9 Å². The Morgan fingerprint density at radius 2 is 1.95 bits per heavy atom. The van der Waals surface area contributed by atoms with Gasteiger partial charge in [0.15, 0.2) is 0 Å². The second kappa shape index (κ2) is 7.27. The van der Waals surface area contributed by atoms with Crippen LogP contribution in [0.4, 0.5) is 10.1 Å². The normalized spacial score (nSPS) is 17.4. The van der Waals surface area contributed by atoms with Crippen LogP contribution in [-0.4, -0.2) is 19.3 Å². The number of rotatable bonds is 6. The maximum Gasteiger partial charge on any atom is 0.142 e. The minimum absolute atomic E-state index is 0.180. The predicted molar refractivity (Wildman–Crippen MR) is 84.6 cm³/mol. The van der Waals surface area contributed by atoms with Gasteiger partial charge >= 0.3 is 0 Å². The summed E-state index contributed by atoms with van der Waals surface area (Å²) >= 11 is 0. The molecule has 0 aromatic heterocycles.